The van der Waals surface area contributed by atoms with E-state index < -0.39 is 0 Å². The van der Waals surface area contributed by atoms with Crippen molar-refractivity contribution >= 4 is 0 Å². The van der Waals surface area contributed by atoms with Crippen LogP contribution in [0.3, 0.4) is 0 Å². The van der Waals surface area contributed by atoms with Gasteiger partial charge in [0.1, 0.15) is 0 Å². The molecule has 0 aliphatic heterocycles. The van der Waals surface area contributed by atoms with E-state index in [0.29, 0.717) is 0 Å². The molecule has 0 radical (unpaired) electrons. The van der Waals surface area contributed by atoms with Gasteiger partial charge in [0.05, 0.1) is 0 Å². The third kappa shape index (κ3) is 17.2. The molecule has 0 spiro atoms. The molecule has 0 aromatic heterocycles. The third-order valence-electron chi connectivity index (χ3n) is 0.638. The van der Waals surface area contributed by atoms with Crippen molar-refractivity contribution in [2.24, 2.45) is 0 Å². The number of allylic oxidation sites excluding steroid dienone is 2. The summed E-state index contributed by atoms with van der Waals surface area (Å²) in [7, 11) is 0. The molecule has 0 aromatic rings. The minimum atomic E-state index is 0. The van der Waals surface area contributed by atoms with Gasteiger partial charge in [0.15, 0.2) is 0 Å². The highest BCUT2D eigenvalue weighted by Gasteiger charge is 1.60. The molecule has 52 valence electrons. The average molecular weight is 116 g/mol. The van der Waals surface area contributed by atoms with E-state index in [0.717, 1.165) is 0 Å². The van der Waals surface area contributed by atoms with E-state index in [4.69, 9.17) is 0 Å². The van der Waals surface area contributed by atoms with Crippen LogP contribution in [-0.4, -0.2) is 0 Å². The van der Waals surface area contributed by atoms with Gasteiger partial charge in [0, 0.05) is 0 Å². The molecule has 0 amide bonds. The zero-order valence-corrected chi connectivity index (χ0v) is 4.57. The van der Waals surface area contributed by atoms with Gasteiger partial charge in [0.2, 0.25) is 0 Å². The molecule has 0 aromatic carbocycles. The van der Waals surface area contributed by atoms with Crippen molar-refractivity contribution in [1.29, 1.82) is 0 Å². The Labute approximate surface area is 54.6 Å². The summed E-state index contributed by atoms with van der Waals surface area (Å²) in [5.41, 5.74) is 0. The molecule has 8 heavy (non-hydrogen) atoms. The molecule has 0 bridgehead atoms. The minimum Gasteiger partial charge on any atom is -0.0888 e. The maximum atomic E-state index is 2.18. The van der Waals surface area contributed by atoms with Gasteiger partial charge in [-0.3, -0.25) is 0 Å². The zero-order chi connectivity index (χ0) is 4.83. The quantitative estimate of drug-likeness (QED) is 0.483. The molecule has 0 saturated heterocycles. The lowest BCUT2D eigenvalue weighted by Crippen LogP contribution is -1.51. The van der Waals surface area contributed by atoms with Crippen molar-refractivity contribution in [2.75, 3.05) is 0 Å². The first kappa shape index (κ1) is 15.6. The predicted molar refractivity (Wildman–Crippen MR) is 43.2 cm³/mol. The molecule has 0 heteroatoms. The molecule has 0 fully saturated rings. The lowest BCUT2D eigenvalue weighted by atomic mass is 10.4. The Morgan fingerprint density at radius 2 is 1.12 bits per heavy atom. The molecule has 0 unspecified atom stereocenters. The molecular formula is C8H20. The Balaban J connectivity index is -0.000000125. The van der Waals surface area contributed by atoms with Gasteiger partial charge < -0.3 is 0 Å². The van der Waals surface area contributed by atoms with Crippen LogP contribution in [0.4, 0.5) is 0 Å². The Morgan fingerprint density at radius 1 is 0.875 bits per heavy atom. The number of rotatable bonds is 2. The van der Waals surface area contributed by atoms with Crippen LogP contribution in [0.5, 0.6) is 0 Å². The summed E-state index contributed by atoms with van der Waals surface area (Å²) in [4.78, 5) is 0. The summed E-state index contributed by atoms with van der Waals surface area (Å²) < 4.78 is 0. The van der Waals surface area contributed by atoms with Crippen LogP contribution in [0.2, 0.25) is 0 Å². The fraction of sp³-hybridized carbons (Fsp3) is 0.750. The SMILES string of the molecule is C.C.CC/C=C\CC. The summed E-state index contributed by atoms with van der Waals surface area (Å²) in [6.07, 6.45) is 6.71. The fourth-order valence-corrected chi connectivity index (χ4v) is 0.333. The molecule has 0 atom stereocenters. The largest absolute Gasteiger partial charge is 0.0888 e. The van der Waals surface area contributed by atoms with E-state index in [-0.39, 0.29) is 14.9 Å². The average Bonchev–Trinajstić information content (AvgIpc) is 1.61. The van der Waals surface area contributed by atoms with Crippen molar-refractivity contribution in [3.63, 3.8) is 0 Å². The Hall–Kier alpha value is -0.260. The normalized spacial score (nSPS) is 7.75. The van der Waals surface area contributed by atoms with Crippen molar-refractivity contribution in [3.8, 4) is 0 Å². The van der Waals surface area contributed by atoms with Crippen molar-refractivity contribution in [2.45, 2.75) is 41.5 Å². The van der Waals surface area contributed by atoms with Crippen molar-refractivity contribution in [3.05, 3.63) is 12.2 Å². The van der Waals surface area contributed by atoms with Crippen LogP contribution >= 0.6 is 0 Å². The first-order valence-corrected chi connectivity index (χ1v) is 2.56. The Kier molecular flexibility index (Phi) is 31.1. The van der Waals surface area contributed by atoms with Crippen molar-refractivity contribution < 1.29 is 0 Å². The van der Waals surface area contributed by atoms with Gasteiger partial charge in [-0.2, -0.15) is 0 Å². The van der Waals surface area contributed by atoms with Gasteiger partial charge in [0.25, 0.3) is 0 Å². The second kappa shape index (κ2) is 15.9. The second-order valence-corrected chi connectivity index (χ2v) is 1.29. The fourth-order valence-electron chi connectivity index (χ4n) is 0.333. The Morgan fingerprint density at radius 3 is 1.25 bits per heavy atom. The van der Waals surface area contributed by atoms with Crippen LogP contribution in [-0.2, 0) is 0 Å². The van der Waals surface area contributed by atoms with Crippen LogP contribution in [0, 0.1) is 0 Å². The van der Waals surface area contributed by atoms with E-state index in [2.05, 4.69) is 26.0 Å². The molecular weight excluding hydrogens is 96.1 g/mol. The van der Waals surface area contributed by atoms with Crippen LogP contribution in [0.1, 0.15) is 41.5 Å². The first-order valence-electron chi connectivity index (χ1n) is 2.56. The topological polar surface area (TPSA) is 0 Å². The van der Waals surface area contributed by atoms with E-state index in [1.807, 2.05) is 0 Å². The molecule has 0 saturated carbocycles. The van der Waals surface area contributed by atoms with E-state index in [1.165, 1.54) is 12.8 Å². The van der Waals surface area contributed by atoms with Gasteiger partial charge in [-0.25, -0.2) is 0 Å². The summed E-state index contributed by atoms with van der Waals surface area (Å²) in [5.74, 6) is 0. The highest BCUT2D eigenvalue weighted by molar-refractivity contribution is 4.77. The van der Waals surface area contributed by atoms with E-state index in [1.54, 1.807) is 0 Å². The molecule has 0 aliphatic rings. The lowest BCUT2D eigenvalue weighted by molar-refractivity contribution is 1.16. The van der Waals surface area contributed by atoms with Crippen molar-refractivity contribution in [1.82, 2.24) is 0 Å². The maximum Gasteiger partial charge on any atom is -0.0379 e. The molecule has 0 heterocycles. The summed E-state index contributed by atoms with van der Waals surface area (Å²) in [6.45, 7) is 4.29. The summed E-state index contributed by atoms with van der Waals surface area (Å²) in [6, 6.07) is 0. The minimum absolute atomic E-state index is 0. The molecule has 0 N–H and O–H groups in total. The standard InChI is InChI=1S/C6H12.2CH4/c1-3-5-6-4-2;;/h5-6H,3-4H2,1-2H3;2*1H4/b6-5-;;. The Bertz CT molecular complexity index is 29.3. The zero-order valence-electron chi connectivity index (χ0n) is 4.57. The maximum absolute atomic E-state index is 2.18. The summed E-state index contributed by atoms with van der Waals surface area (Å²) >= 11 is 0. The van der Waals surface area contributed by atoms with E-state index >= 15 is 0 Å². The predicted octanol–water partition coefficient (Wildman–Crippen LogP) is 3.63. The van der Waals surface area contributed by atoms with Gasteiger partial charge in [-0.15, -0.1) is 0 Å². The van der Waals surface area contributed by atoms with Crippen LogP contribution in [0.15, 0.2) is 12.2 Å². The lowest BCUT2D eigenvalue weighted by Gasteiger charge is -1.72. The van der Waals surface area contributed by atoms with Crippen LogP contribution in [0.25, 0.3) is 0 Å². The first-order chi connectivity index (χ1) is 2.91. The smallest absolute Gasteiger partial charge is 0.0379 e. The summed E-state index contributed by atoms with van der Waals surface area (Å²) in [5, 5.41) is 0. The molecule has 0 rings (SSSR count). The number of hydrogen-bond acceptors (Lipinski definition) is 0. The number of hydrogen-bond donors (Lipinski definition) is 0. The highest BCUT2D eigenvalue weighted by atomic mass is 13.7. The highest BCUT2D eigenvalue weighted by Crippen LogP contribution is 1.81. The van der Waals surface area contributed by atoms with Gasteiger partial charge >= 0.3 is 0 Å². The third-order valence-corrected chi connectivity index (χ3v) is 0.638. The second-order valence-electron chi connectivity index (χ2n) is 1.29. The molecule has 0 nitrogen and oxygen atoms in total. The molecule has 0 aliphatic carbocycles. The van der Waals surface area contributed by atoms with E-state index in [9.17, 15) is 0 Å². The van der Waals surface area contributed by atoms with Crippen LogP contribution < -0.4 is 0 Å². The monoisotopic (exact) mass is 116 g/mol. The van der Waals surface area contributed by atoms with Gasteiger partial charge in [-0.05, 0) is 12.8 Å². The van der Waals surface area contributed by atoms with Gasteiger partial charge in [-0.1, -0.05) is 40.9 Å².